The predicted molar refractivity (Wildman–Crippen MR) is 64.8 cm³/mol. The summed E-state index contributed by atoms with van der Waals surface area (Å²) in [6.45, 7) is 3.81. The Morgan fingerprint density at radius 2 is 2.22 bits per heavy atom. The van der Waals surface area contributed by atoms with Crippen LogP contribution in [0.3, 0.4) is 0 Å². The van der Waals surface area contributed by atoms with Crippen molar-refractivity contribution in [1.29, 1.82) is 0 Å². The lowest BCUT2D eigenvalue weighted by molar-refractivity contribution is 0.0696. The van der Waals surface area contributed by atoms with Gasteiger partial charge in [-0.3, -0.25) is 0 Å². The van der Waals surface area contributed by atoms with Crippen molar-refractivity contribution < 1.29 is 9.90 Å². The molecule has 0 radical (unpaired) electrons. The molecular formula is C12H14N4O2. The van der Waals surface area contributed by atoms with E-state index in [-0.39, 0.29) is 0 Å². The lowest BCUT2D eigenvalue weighted by Gasteiger charge is -2.06. The van der Waals surface area contributed by atoms with Crippen LogP contribution in [-0.4, -0.2) is 31.3 Å². The first kappa shape index (κ1) is 12.2. The molecule has 1 heterocycles. The monoisotopic (exact) mass is 246 g/mol. The van der Waals surface area contributed by atoms with Crippen LogP contribution in [0.15, 0.2) is 18.2 Å². The molecule has 0 fully saturated rings. The number of nitrogens with zero attached hydrogens (tertiary/aromatic N) is 4. The molecule has 94 valence electrons. The molecule has 18 heavy (non-hydrogen) atoms. The van der Waals surface area contributed by atoms with E-state index in [4.69, 9.17) is 5.11 Å². The van der Waals surface area contributed by atoms with Crippen LogP contribution in [0.4, 0.5) is 0 Å². The Morgan fingerprint density at radius 3 is 2.83 bits per heavy atom. The number of rotatable bonds is 4. The normalized spacial score (nSPS) is 10.6. The fraction of sp³-hybridized carbons (Fsp3) is 0.333. The number of aromatic nitrogens is 4. The maximum atomic E-state index is 10.9. The van der Waals surface area contributed by atoms with E-state index in [1.807, 2.05) is 0 Å². The Bertz CT molecular complexity index is 577. The summed E-state index contributed by atoms with van der Waals surface area (Å²) in [7, 11) is 0. The van der Waals surface area contributed by atoms with E-state index in [0.717, 1.165) is 24.4 Å². The number of carboxylic acids is 1. The Morgan fingerprint density at radius 1 is 1.44 bits per heavy atom. The molecule has 6 nitrogen and oxygen atoms in total. The first-order chi connectivity index (χ1) is 8.63. The van der Waals surface area contributed by atoms with Gasteiger partial charge in [0.25, 0.3) is 0 Å². The number of hydrogen-bond donors (Lipinski definition) is 1. The number of hydrogen-bond acceptors (Lipinski definition) is 4. The molecule has 0 aliphatic rings. The Balaban J connectivity index is 2.42. The first-order valence-electron chi connectivity index (χ1n) is 5.75. The Kier molecular flexibility index (Phi) is 3.36. The van der Waals surface area contributed by atoms with Crippen molar-refractivity contribution in [3.8, 4) is 5.69 Å². The zero-order chi connectivity index (χ0) is 13.1. The van der Waals surface area contributed by atoms with Crippen LogP contribution in [0.2, 0.25) is 0 Å². The molecule has 2 aromatic rings. The highest BCUT2D eigenvalue weighted by Crippen LogP contribution is 2.15. The molecule has 2 rings (SSSR count). The van der Waals surface area contributed by atoms with Gasteiger partial charge in [-0.05, 0) is 47.5 Å². The zero-order valence-electron chi connectivity index (χ0n) is 10.3. The molecular weight excluding hydrogens is 232 g/mol. The quantitative estimate of drug-likeness (QED) is 0.886. The van der Waals surface area contributed by atoms with E-state index >= 15 is 0 Å². The summed E-state index contributed by atoms with van der Waals surface area (Å²) in [4.78, 5) is 10.9. The minimum atomic E-state index is -0.926. The van der Waals surface area contributed by atoms with Crippen molar-refractivity contribution in [3.05, 3.63) is 35.2 Å². The lowest BCUT2D eigenvalue weighted by Crippen LogP contribution is -2.06. The highest BCUT2D eigenvalue weighted by atomic mass is 16.4. The molecule has 6 heteroatoms. The van der Waals surface area contributed by atoms with E-state index in [2.05, 4.69) is 22.4 Å². The lowest BCUT2D eigenvalue weighted by atomic mass is 10.1. The zero-order valence-corrected chi connectivity index (χ0v) is 10.3. The van der Waals surface area contributed by atoms with Crippen LogP contribution in [-0.2, 0) is 6.42 Å². The molecule has 0 amide bonds. The first-order valence-corrected chi connectivity index (χ1v) is 5.75. The van der Waals surface area contributed by atoms with Gasteiger partial charge in [0.05, 0.1) is 11.3 Å². The van der Waals surface area contributed by atoms with E-state index in [9.17, 15) is 4.79 Å². The maximum Gasteiger partial charge on any atom is 0.335 e. The highest BCUT2D eigenvalue weighted by molar-refractivity contribution is 5.89. The standard InChI is InChI=1S/C12H14N4O2/c1-3-4-11-13-14-15-16(11)9-5-6-10(12(17)18)8(2)7-9/h5-7H,3-4H2,1-2H3,(H,17,18). The molecule has 0 atom stereocenters. The number of aryl methyl sites for hydroxylation is 2. The van der Waals surface area contributed by atoms with Gasteiger partial charge in [-0.2, -0.15) is 4.68 Å². The van der Waals surface area contributed by atoms with Crippen LogP contribution in [0, 0.1) is 6.92 Å². The molecule has 0 spiro atoms. The van der Waals surface area contributed by atoms with Gasteiger partial charge in [-0.1, -0.05) is 6.92 Å². The molecule has 0 saturated heterocycles. The summed E-state index contributed by atoms with van der Waals surface area (Å²) in [5.41, 5.74) is 1.77. The van der Waals surface area contributed by atoms with Crippen molar-refractivity contribution in [1.82, 2.24) is 20.2 Å². The highest BCUT2D eigenvalue weighted by Gasteiger charge is 2.11. The van der Waals surface area contributed by atoms with E-state index in [1.54, 1.807) is 29.8 Å². The molecule has 0 aliphatic carbocycles. The third-order valence-corrected chi connectivity index (χ3v) is 2.69. The van der Waals surface area contributed by atoms with Gasteiger partial charge in [-0.15, -0.1) is 5.10 Å². The van der Waals surface area contributed by atoms with Crippen LogP contribution in [0.5, 0.6) is 0 Å². The summed E-state index contributed by atoms with van der Waals surface area (Å²) < 4.78 is 1.64. The number of tetrazole rings is 1. The molecule has 0 unspecified atom stereocenters. The minimum absolute atomic E-state index is 0.295. The van der Waals surface area contributed by atoms with Gasteiger partial charge >= 0.3 is 5.97 Å². The van der Waals surface area contributed by atoms with E-state index < -0.39 is 5.97 Å². The van der Waals surface area contributed by atoms with Gasteiger partial charge < -0.3 is 5.11 Å². The van der Waals surface area contributed by atoms with Crippen LogP contribution in [0.25, 0.3) is 5.69 Å². The molecule has 1 N–H and O–H groups in total. The largest absolute Gasteiger partial charge is 0.478 e. The molecule has 0 saturated carbocycles. The second-order valence-corrected chi connectivity index (χ2v) is 4.06. The fourth-order valence-electron chi connectivity index (χ4n) is 1.81. The van der Waals surface area contributed by atoms with Gasteiger partial charge in [0.2, 0.25) is 0 Å². The minimum Gasteiger partial charge on any atom is -0.478 e. The van der Waals surface area contributed by atoms with Crippen molar-refractivity contribution in [2.24, 2.45) is 0 Å². The van der Waals surface area contributed by atoms with Crippen LogP contribution in [0.1, 0.15) is 35.1 Å². The number of aromatic carboxylic acids is 1. The number of carboxylic acid groups (broad SMARTS) is 1. The van der Waals surface area contributed by atoms with Crippen LogP contribution < -0.4 is 0 Å². The average Bonchev–Trinajstić information content (AvgIpc) is 2.77. The topological polar surface area (TPSA) is 80.9 Å². The average molecular weight is 246 g/mol. The second kappa shape index (κ2) is 4.95. The summed E-state index contributed by atoms with van der Waals surface area (Å²) in [6, 6.07) is 5.06. The molecule has 1 aromatic heterocycles. The molecule has 0 bridgehead atoms. The van der Waals surface area contributed by atoms with Gasteiger partial charge in [-0.25, -0.2) is 4.79 Å². The van der Waals surface area contributed by atoms with E-state index in [1.165, 1.54) is 0 Å². The Hall–Kier alpha value is -2.24. The van der Waals surface area contributed by atoms with Crippen molar-refractivity contribution in [2.75, 3.05) is 0 Å². The summed E-state index contributed by atoms with van der Waals surface area (Å²) in [5.74, 6) is -0.149. The smallest absolute Gasteiger partial charge is 0.335 e. The second-order valence-electron chi connectivity index (χ2n) is 4.06. The Labute approximate surface area is 104 Å². The van der Waals surface area contributed by atoms with Gasteiger partial charge in [0, 0.05) is 6.42 Å². The van der Waals surface area contributed by atoms with E-state index in [0.29, 0.717) is 11.1 Å². The molecule has 1 aromatic carbocycles. The maximum absolute atomic E-state index is 10.9. The van der Waals surface area contributed by atoms with Crippen LogP contribution >= 0.6 is 0 Å². The third kappa shape index (κ3) is 2.22. The van der Waals surface area contributed by atoms with Crippen molar-refractivity contribution in [3.63, 3.8) is 0 Å². The fourth-order valence-corrected chi connectivity index (χ4v) is 1.81. The summed E-state index contributed by atoms with van der Waals surface area (Å²) in [5, 5.41) is 20.5. The number of benzene rings is 1. The summed E-state index contributed by atoms with van der Waals surface area (Å²) in [6.07, 6.45) is 1.74. The summed E-state index contributed by atoms with van der Waals surface area (Å²) >= 11 is 0. The predicted octanol–water partition coefficient (Wildman–Crippen LogP) is 1.62. The van der Waals surface area contributed by atoms with Crippen molar-refractivity contribution >= 4 is 5.97 Å². The van der Waals surface area contributed by atoms with Crippen molar-refractivity contribution in [2.45, 2.75) is 26.7 Å². The molecule has 0 aliphatic heterocycles. The van der Waals surface area contributed by atoms with Gasteiger partial charge in [0.1, 0.15) is 0 Å². The third-order valence-electron chi connectivity index (χ3n) is 2.69. The van der Waals surface area contributed by atoms with Gasteiger partial charge in [0.15, 0.2) is 5.82 Å². The number of carbonyl (C=O) groups is 1. The SMILES string of the molecule is CCCc1nnnn1-c1ccc(C(=O)O)c(C)c1.